The maximum absolute atomic E-state index is 9.71. The van der Waals surface area contributed by atoms with Crippen molar-refractivity contribution in [3.05, 3.63) is 28.2 Å². The molecule has 2 aliphatic carbocycles. The van der Waals surface area contributed by atoms with Crippen molar-refractivity contribution in [2.45, 2.75) is 31.7 Å². The molecule has 2 fully saturated rings. The minimum Gasteiger partial charge on any atom is -0.507 e. The van der Waals surface area contributed by atoms with E-state index >= 15 is 0 Å². The van der Waals surface area contributed by atoms with Crippen molar-refractivity contribution in [2.75, 3.05) is 0 Å². The SMILES string of the molecule is Oc1ccc(Br)cc1/C=N\NC(=S)N[C@H]1C[C@@H]2CC[C@@H]1C2. The van der Waals surface area contributed by atoms with Crippen LogP contribution in [0.15, 0.2) is 27.8 Å². The third-order valence-electron chi connectivity index (χ3n) is 4.41. The van der Waals surface area contributed by atoms with Gasteiger partial charge in [0.1, 0.15) is 5.75 Å². The molecular weight excluding hydrogens is 350 g/mol. The number of benzene rings is 1. The van der Waals surface area contributed by atoms with Crippen LogP contribution in [-0.4, -0.2) is 22.5 Å². The number of halogens is 1. The Balaban J connectivity index is 1.51. The van der Waals surface area contributed by atoms with Crippen molar-refractivity contribution >= 4 is 39.5 Å². The summed E-state index contributed by atoms with van der Waals surface area (Å²) in [7, 11) is 0. The van der Waals surface area contributed by atoms with E-state index in [0.29, 0.717) is 16.7 Å². The molecule has 21 heavy (non-hydrogen) atoms. The Morgan fingerprint density at radius 3 is 2.95 bits per heavy atom. The van der Waals surface area contributed by atoms with Crippen LogP contribution in [0.5, 0.6) is 5.75 Å². The van der Waals surface area contributed by atoms with Gasteiger partial charge in [-0.05, 0) is 61.5 Å². The van der Waals surface area contributed by atoms with Crippen LogP contribution < -0.4 is 10.7 Å². The number of thiocarbonyl (C=S) groups is 1. The number of phenolic OH excluding ortho intramolecular Hbond substituents is 1. The Labute approximate surface area is 138 Å². The highest BCUT2D eigenvalue weighted by molar-refractivity contribution is 9.10. The fraction of sp³-hybridized carbons (Fsp3) is 0.467. The predicted molar refractivity (Wildman–Crippen MR) is 91.5 cm³/mol. The normalized spacial score (nSPS) is 27.2. The molecule has 0 amide bonds. The van der Waals surface area contributed by atoms with E-state index in [2.05, 4.69) is 31.8 Å². The molecule has 0 aromatic heterocycles. The summed E-state index contributed by atoms with van der Waals surface area (Å²) in [5.41, 5.74) is 3.47. The molecule has 3 N–H and O–H groups in total. The van der Waals surface area contributed by atoms with E-state index in [1.165, 1.54) is 25.7 Å². The average molecular weight is 368 g/mol. The zero-order chi connectivity index (χ0) is 14.8. The third-order valence-corrected chi connectivity index (χ3v) is 5.12. The Bertz CT molecular complexity index is 578. The smallest absolute Gasteiger partial charge is 0.187 e. The van der Waals surface area contributed by atoms with Gasteiger partial charge < -0.3 is 10.4 Å². The largest absolute Gasteiger partial charge is 0.507 e. The van der Waals surface area contributed by atoms with Crippen molar-refractivity contribution in [3.8, 4) is 5.75 Å². The third kappa shape index (κ3) is 3.55. The lowest BCUT2D eigenvalue weighted by atomic mass is 9.96. The van der Waals surface area contributed by atoms with Gasteiger partial charge in [0.15, 0.2) is 5.11 Å². The van der Waals surface area contributed by atoms with Crippen LogP contribution in [-0.2, 0) is 0 Å². The Morgan fingerprint density at radius 1 is 1.38 bits per heavy atom. The Morgan fingerprint density at radius 2 is 2.24 bits per heavy atom. The number of hydrogen-bond acceptors (Lipinski definition) is 3. The molecule has 4 nitrogen and oxygen atoms in total. The lowest BCUT2D eigenvalue weighted by Gasteiger charge is -2.23. The van der Waals surface area contributed by atoms with Crippen molar-refractivity contribution < 1.29 is 5.11 Å². The fourth-order valence-electron chi connectivity index (χ4n) is 3.41. The van der Waals surface area contributed by atoms with Crippen LogP contribution >= 0.6 is 28.1 Å². The first-order valence-corrected chi connectivity index (χ1v) is 8.40. The summed E-state index contributed by atoms with van der Waals surface area (Å²) in [5, 5.41) is 17.7. The lowest BCUT2D eigenvalue weighted by molar-refractivity contribution is 0.389. The highest BCUT2D eigenvalue weighted by atomic mass is 79.9. The summed E-state index contributed by atoms with van der Waals surface area (Å²) in [5.74, 6) is 1.85. The molecule has 112 valence electrons. The van der Waals surface area contributed by atoms with Crippen LogP contribution in [0.2, 0.25) is 0 Å². The van der Waals surface area contributed by atoms with E-state index in [-0.39, 0.29) is 5.75 Å². The number of phenols is 1. The van der Waals surface area contributed by atoms with E-state index < -0.39 is 0 Å². The van der Waals surface area contributed by atoms with Crippen molar-refractivity contribution in [1.29, 1.82) is 0 Å². The van der Waals surface area contributed by atoms with Gasteiger partial charge in [-0.15, -0.1) is 0 Å². The highest BCUT2D eigenvalue weighted by Gasteiger charge is 2.39. The number of nitrogens with one attached hydrogen (secondary N) is 2. The second-order valence-corrected chi connectivity index (χ2v) is 7.15. The molecule has 1 aromatic carbocycles. The van der Waals surface area contributed by atoms with Gasteiger partial charge in [0.2, 0.25) is 0 Å². The topological polar surface area (TPSA) is 56.7 Å². The first-order valence-electron chi connectivity index (χ1n) is 7.20. The summed E-state index contributed by atoms with van der Waals surface area (Å²) in [6.07, 6.45) is 6.83. The average Bonchev–Trinajstić information content (AvgIpc) is 3.05. The minimum atomic E-state index is 0.190. The number of nitrogens with zero attached hydrogens (tertiary/aromatic N) is 1. The number of aromatic hydroxyl groups is 1. The van der Waals surface area contributed by atoms with Crippen molar-refractivity contribution in [3.63, 3.8) is 0 Å². The molecule has 0 aliphatic heterocycles. The quantitative estimate of drug-likeness (QED) is 0.436. The number of fused-ring (bicyclic) bond motifs is 2. The lowest BCUT2D eigenvalue weighted by Crippen LogP contribution is -2.42. The number of rotatable bonds is 3. The van der Waals surface area contributed by atoms with Crippen molar-refractivity contribution in [2.24, 2.45) is 16.9 Å². The molecule has 3 rings (SSSR count). The van der Waals surface area contributed by atoms with Crippen LogP contribution in [0.4, 0.5) is 0 Å². The summed E-state index contributed by atoms with van der Waals surface area (Å²) in [6, 6.07) is 5.70. The summed E-state index contributed by atoms with van der Waals surface area (Å²) < 4.78 is 0.893. The molecule has 3 atom stereocenters. The van der Waals surface area contributed by atoms with Gasteiger partial charge in [-0.25, -0.2) is 0 Å². The predicted octanol–water partition coefficient (Wildman–Crippen LogP) is 3.14. The molecule has 0 spiro atoms. The molecule has 0 heterocycles. The van der Waals surface area contributed by atoms with Gasteiger partial charge in [0.25, 0.3) is 0 Å². The van der Waals surface area contributed by atoms with Gasteiger partial charge in [0, 0.05) is 16.1 Å². The maximum Gasteiger partial charge on any atom is 0.187 e. The molecule has 2 saturated carbocycles. The number of hydrazone groups is 1. The molecular formula is C15H18BrN3OS. The molecule has 0 saturated heterocycles. The maximum atomic E-state index is 9.71. The van der Waals surface area contributed by atoms with E-state index in [4.69, 9.17) is 12.2 Å². The Hall–Kier alpha value is -1.14. The van der Waals surface area contributed by atoms with E-state index in [1.807, 2.05) is 0 Å². The van der Waals surface area contributed by atoms with Gasteiger partial charge in [-0.1, -0.05) is 22.4 Å². The summed E-state index contributed by atoms with van der Waals surface area (Å²) >= 11 is 8.64. The zero-order valence-electron chi connectivity index (χ0n) is 11.6. The van der Waals surface area contributed by atoms with E-state index in [9.17, 15) is 5.11 Å². The van der Waals surface area contributed by atoms with E-state index in [0.717, 1.165) is 16.3 Å². The van der Waals surface area contributed by atoms with Crippen LogP contribution in [0.3, 0.4) is 0 Å². The van der Waals surface area contributed by atoms with Gasteiger partial charge >= 0.3 is 0 Å². The number of hydrogen-bond donors (Lipinski definition) is 3. The first-order chi connectivity index (χ1) is 10.1. The molecule has 1 aromatic rings. The van der Waals surface area contributed by atoms with Crippen LogP contribution in [0, 0.1) is 11.8 Å². The van der Waals surface area contributed by atoms with E-state index in [1.54, 1.807) is 24.4 Å². The van der Waals surface area contributed by atoms with Crippen LogP contribution in [0.1, 0.15) is 31.2 Å². The Kier molecular flexibility index (Phi) is 4.45. The van der Waals surface area contributed by atoms with Crippen molar-refractivity contribution in [1.82, 2.24) is 10.7 Å². The first kappa shape index (κ1) is 14.8. The second kappa shape index (κ2) is 6.32. The monoisotopic (exact) mass is 367 g/mol. The summed E-state index contributed by atoms with van der Waals surface area (Å²) in [6.45, 7) is 0. The molecule has 6 heteroatoms. The molecule has 2 bridgehead atoms. The molecule has 0 unspecified atom stereocenters. The second-order valence-electron chi connectivity index (χ2n) is 5.83. The van der Waals surface area contributed by atoms with Crippen LogP contribution in [0.25, 0.3) is 0 Å². The molecule has 2 aliphatic rings. The van der Waals surface area contributed by atoms with Gasteiger partial charge in [-0.2, -0.15) is 5.10 Å². The fourth-order valence-corrected chi connectivity index (χ4v) is 3.99. The zero-order valence-corrected chi connectivity index (χ0v) is 14.0. The molecule has 0 radical (unpaired) electrons. The summed E-state index contributed by atoms with van der Waals surface area (Å²) in [4.78, 5) is 0. The van der Waals surface area contributed by atoms with Gasteiger partial charge in [-0.3, -0.25) is 5.43 Å². The highest BCUT2D eigenvalue weighted by Crippen LogP contribution is 2.44. The minimum absolute atomic E-state index is 0.190. The standard InChI is InChI=1S/C15H18BrN3OS/c16-12-3-4-14(20)11(7-12)8-17-19-15(21)18-13-6-9-1-2-10(13)5-9/h3-4,7-10,13,20H,1-2,5-6H2,(H2,18,19,21)/b17-8-/t9-,10-,13+/m1/s1. The van der Waals surface area contributed by atoms with Gasteiger partial charge in [0.05, 0.1) is 6.21 Å².